The highest BCUT2D eigenvalue weighted by Gasteiger charge is 2.25. The van der Waals surface area contributed by atoms with Crippen molar-refractivity contribution in [2.45, 2.75) is 25.1 Å². The second-order valence-electron chi connectivity index (χ2n) is 6.64. The molecule has 2 heterocycles. The van der Waals surface area contributed by atoms with E-state index in [1.54, 1.807) is 5.38 Å². The Morgan fingerprint density at radius 1 is 1.19 bits per heavy atom. The maximum atomic E-state index is 12.4. The minimum Gasteiger partial charge on any atom is -0.390 e. The van der Waals surface area contributed by atoms with Crippen LogP contribution in [-0.4, -0.2) is 34.7 Å². The van der Waals surface area contributed by atoms with Crippen molar-refractivity contribution < 1.29 is 9.90 Å². The van der Waals surface area contributed by atoms with Gasteiger partial charge in [0.1, 0.15) is 10.7 Å². The van der Waals surface area contributed by atoms with Crippen molar-refractivity contribution in [3.63, 3.8) is 0 Å². The second-order valence-corrected chi connectivity index (χ2v) is 7.50. The molecule has 2 atom stereocenters. The Bertz CT molecular complexity index is 926. The van der Waals surface area contributed by atoms with Gasteiger partial charge in [-0.3, -0.25) is 4.79 Å². The van der Waals surface area contributed by atoms with Gasteiger partial charge in [-0.1, -0.05) is 54.6 Å². The van der Waals surface area contributed by atoms with E-state index in [-0.39, 0.29) is 18.5 Å². The molecular weight excluding hydrogens is 358 g/mol. The van der Waals surface area contributed by atoms with Gasteiger partial charge in [0.25, 0.3) is 5.91 Å². The summed E-state index contributed by atoms with van der Waals surface area (Å²) < 4.78 is 0. The highest BCUT2D eigenvalue weighted by molar-refractivity contribution is 7.13. The second kappa shape index (κ2) is 8.00. The average molecular weight is 379 g/mol. The normalized spacial score (nSPS) is 17.1. The molecule has 2 unspecified atom stereocenters. The number of carbonyl (C=O) groups is 1. The first-order chi connectivity index (χ1) is 13.2. The fourth-order valence-electron chi connectivity index (χ4n) is 3.27. The molecule has 3 N–H and O–H groups in total. The topological polar surface area (TPSA) is 74.2 Å². The smallest absolute Gasteiger partial charge is 0.270 e. The summed E-state index contributed by atoms with van der Waals surface area (Å²) in [6.45, 7) is 0.926. The van der Waals surface area contributed by atoms with Gasteiger partial charge in [0.2, 0.25) is 0 Å². The van der Waals surface area contributed by atoms with Gasteiger partial charge in [0.05, 0.1) is 6.10 Å². The van der Waals surface area contributed by atoms with Crippen molar-refractivity contribution in [3.8, 4) is 10.6 Å². The maximum Gasteiger partial charge on any atom is 0.270 e. The molecule has 3 aromatic rings. The molecule has 5 nitrogen and oxygen atoms in total. The van der Waals surface area contributed by atoms with Crippen molar-refractivity contribution in [2.24, 2.45) is 0 Å². The summed E-state index contributed by atoms with van der Waals surface area (Å²) in [5, 5.41) is 19.2. The average Bonchev–Trinajstić information content (AvgIpc) is 3.22. The fraction of sp³-hybridized carbons (Fsp3) is 0.238. The summed E-state index contributed by atoms with van der Waals surface area (Å²) in [4.78, 5) is 16.8. The Morgan fingerprint density at radius 3 is 2.74 bits per heavy atom. The van der Waals surface area contributed by atoms with Crippen molar-refractivity contribution in [1.82, 2.24) is 15.6 Å². The first-order valence-corrected chi connectivity index (χ1v) is 9.86. The third-order valence-corrected chi connectivity index (χ3v) is 5.70. The van der Waals surface area contributed by atoms with Crippen LogP contribution in [0.2, 0.25) is 0 Å². The van der Waals surface area contributed by atoms with Crippen LogP contribution < -0.4 is 10.6 Å². The van der Waals surface area contributed by atoms with Crippen molar-refractivity contribution >= 4 is 17.2 Å². The Morgan fingerprint density at radius 2 is 1.93 bits per heavy atom. The first-order valence-electron chi connectivity index (χ1n) is 8.98. The molecule has 1 aromatic heterocycles. The highest BCUT2D eigenvalue weighted by Crippen LogP contribution is 2.23. The molecule has 27 heavy (non-hydrogen) atoms. The van der Waals surface area contributed by atoms with Gasteiger partial charge in [-0.2, -0.15) is 0 Å². The van der Waals surface area contributed by atoms with Crippen LogP contribution in [0.25, 0.3) is 10.6 Å². The zero-order valence-corrected chi connectivity index (χ0v) is 15.6. The lowest BCUT2D eigenvalue weighted by atomic mass is 9.93. The molecule has 138 valence electrons. The van der Waals surface area contributed by atoms with Gasteiger partial charge in [-0.15, -0.1) is 11.3 Å². The predicted octanol–water partition coefficient (Wildman–Crippen LogP) is 2.62. The molecular formula is C21H21N3O2S. The molecule has 0 spiro atoms. The van der Waals surface area contributed by atoms with Gasteiger partial charge < -0.3 is 15.7 Å². The lowest BCUT2D eigenvalue weighted by molar-refractivity contribution is 0.0866. The zero-order chi connectivity index (χ0) is 18.6. The van der Waals surface area contributed by atoms with Crippen LogP contribution in [0.1, 0.15) is 21.6 Å². The number of nitrogens with one attached hydrogen (secondary N) is 2. The SMILES string of the molecule is O=C(NCC(O)C1Cc2ccccc2CN1)c1csc(-c2ccccc2)n1. The van der Waals surface area contributed by atoms with Gasteiger partial charge >= 0.3 is 0 Å². The van der Waals surface area contributed by atoms with E-state index in [2.05, 4.69) is 27.8 Å². The van der Waals surface area contributed by atoms with Crippen LogP contribution in [0.3, 0.4) is 0 Å². The Balaban J connectivity index is 1.34. The minimum atomic E-state index is -0.658. The first kappa shape index (κ1) is 17.9. The quantitative estimate of drug-likeness (QED) is 0.637. The molecule has 4 rings (SSSR count). The van der Waals surface area contributed by atoms with Gasteiger partial charge in [-0.05, 0) is 17.5 Å². The Hall–Kier alpha value is -2.54. The number of fused-ring (bicyclic) bond motifs is 1. The number of benzene rings is 2. The number of rotatable bonds is 5. The predicted molar refractivity (Wildman–Crippen MR) is 107 cm³/mol. The van der Waals surface area contributed by atoms with E-state index >= 15 is 0 Å². The lowest BCUT2D eigenvalue weighted by Crippen LogP contribution is -2.49. The molecule has 0 bridgehead atoms. The van der Waals surface area contributed by atoms with E-state index in [4.69, 9.17) is 0 Å². The van der Waals surface area contributed by atoms with E-state index in [9.17, 15) is 9.90 Å². The molecule has 0 saturated carbocycles. The molecule has 1 aliphatic rings. The van der Waals surface area contributed by atoms with Crippen molar-refractivity contribution in [2.75, 3.05) is 6.54 Å². The number of carbonyl (C=O) groups excluding carboxylic acids is 1. The minimum absolute atomic E-state index is 0.0736. The number of thiazole rings is 1. The number of hydrogen-bond acceptors (Lipinski definition) is 5. The number of amides is 1. The number of nitrogens with zero attached hydrogens (tertiary/aromatic N) is 1. The Kier molecular flexibility index (Phi) is 5.29. The molecule has 2 aromatic carbocycles. The van der Waals surface area contributed by atoms with E-state index in [0.717, 1.165) is 23.5 Å². The van der Waals surface area contributed by atoms with Crippen LogP contribution in [0, 0.1) is 0 Å². The van der Waals surface area contributed by atoms with E-state index in [1.165, 1.54) is 22.5 Å². The molecule has 1 amide bonds. The number of hydrogen-bond donors (Lipinski definition) is 3. The van der Waals surface area contributed by atoms with E-state index in [0.29, 0.717) is 5.69 Å². The standard InChI is InChI=1S/C21H21N3O2S/c25-19(17-10-15-8-4-5-9-16(15)11-22-17)12-23-20(26)18-13-27-21(24-18)14-6-2-1-3-7-14/h1-9,13,17,19,22,25H,10-12H2,(H,23,26). The molecule has 6 heteroatoms. The molecule has 0 aliphatic carbocycles. The summed E-state index contributed by atoms with van der Waals surface area (Å²) in [5.41, 5.74) is 3.89. The monoisotopic (exact) mass is 379 g/mol. The van der Waals surface area contributed by atoms with E-state index < -0.39 is 6.10 Å². The lowest BCUT2D eigenvalue weighted by Gasteiger charge is -2.29. The molecule has 0 radical (unpaired) electrons. The zero-order valence-electron chi connectivity index (χ0n) is 14.8. The van der Waals surface area contributed by atoms with Crippen LogP contribution in [-0.2, 0) is 13.0 Å². The van der Waals surface area contributed by atoms with Gasteiger partial charge in [0, 0.05) is 30.1 Å². The van der Waals surface area contributed by atoms with Crippen LogP contribution in [0.4, 0.5) is 0 Å². The largest absolute Gasteiger partial charge is 0.390 e. The van der Waals surface area contributed by atoms with Crippen molar-refractivity contribution in [3.05, 3.63) is 76.8 Å². The van der Waals surface area contributed by atoms with Gasteiger partial charge in [0.15, 0.2) is 0 Å². The van der Waals surface area contributed by atoms with Crippen LogP contribution >= 0.6 is 11.3 Å². The fourth-order valence-corrected chi connectivity index (χ4v) is 4.08. The maximum absolute atomic E-state index is 12.4. The summed E-state index contributed by atoms with van der Waals surface area (Å²) in [6.07, 6.45) is 0.0942. The van der Waals surface area contributed by atoms with Crippen molar-refractivity contribution in [1.29, 1.82) is 0 Å². The number of aliphatic hydroxyl groups is 1. The third-order valence-electron chi connectivity index (χ3n) is 4.81. The Labute approximate surface area is 162 Å². The van der Waals surface area contributed by atoms with E-state index in [1.807, 2.05) is 42.5 Å². The summed E-state index contributed by atoms with van der Waals surface area (Å²) in [6, 6.07) is 17.9. The van der Waals surface area contributed by atoms with Crippen LogP contribution in [0.5, 0.6) is 0 Å². The van der Waals surface area contributed by atoms with Crippen LogP contribution in [0.15, 0.2) is 60.0 Å². The molecule has 0 saturated heterocycles. The number of aliphatic hydroxyl groups excluding tert-OH is 1. The third kappa shape index (κ3) is 4.08. The summed E-state index contributed by atoms with van der Waals surface area (Å²) in [7, 11) is 0. The summed E-state index contributed by atoms with van der Waals surface area (Å²) >= 11 is 1.44. The molecule has 1 aliphatic heterocycles. The highest BCUT2D eigenvalue weighted by atomic mass is 32.1. The molecule has 0 fully saturated rings. The van der Waals surface area contributed by atoms with Gasteiger partial charge in [-0.25, -0.2) is 4.98 Å². The number of aromatic nitrogens is 1. The summed E-state index contributed by atoms with van der Waals surface area (Å²) in [5.74, 6) is -0.260.